The lowest BCUT2D eigenvalue weighted by Gasteiger charge is -2.11. The molecule has 0 atom stereocenters. The highest BCUT2D eigenvalue weighted by Gasteiger charge is 2.30. The van der Waals surface area contributed by atoms with Crippen molar-refractivity contribution in [1.29, 1.82) is 0 Å². The zero-order valence-electron chi connectivity index (χ0n) is 11.6. The van der Waals surface area contributed by atoms with Gasteiger partial charge in [0, 0.05) is 0 Å². The normalized spacial score (nSPS) is 13.8. The van der Waals surface area contributed by atoms with Gasteiger partial charge in [-0.3, -0.25) is 0 Å². The first-order chi connectivity index (χ1) is 10.5. The fraction of sp³-hybridized carbons (Fsp3) is 0.105. The first kappa shape index (κ1) is 13.4. The maximum atomic E-state index is 12.9. The molecule has 3 heteroatoms. The van der Waals surface area contributed by atoms with Crippen molar-refractivity contribution in [3.05, 3.63) is 77.7 Å². The van der Waals surface area contributed by atoms with Crippen LogP contribution in [0.15, 0.2) is 54.6 Å². The zero-order chi connectivity index (χ0) is 15.3. The second-order valence-electron chi connectivity index (χ2n) is 5.57. The van der Waals surface area contributed by atoms with Crippen molar-refractivity contribution < 1.29 is 13.2 Å². The molecule has 0 nitrogen and oxygen atoms in total. The molecular weight excluding hydrogens is 285 g/mol. The van der Waals surface area contributed by atoms with E-state index >= 15 is 0 Å². The van der Waals surface area contributed by atoms with Crippen LogP contribution in [0.25, 0.3) is 21.9 Å². The van der Waals surface area contributed by atoms with Crippen LogP contribution in [0.4, 0.5) is 13.2 Å². The lowest BCUT2D eigenvalue weighted by Crippen LogP contribution is -2.04. The van der Waals surface area contributed by atoms with Crippen LogP contribution in [-0.2, 0) is 12.6 Å². The summed E-state index contributed by atoms with van der Waals surface area (Å²) in [5.41, 5.74) is 3.22. The standard InChI is InChI=1S/C19H12F3/c20-19(21,22)17-6-2-4-13(11-17)16-9-14-5-1-3-12-7-8-15(10-16)18(12)14/h1-7,9-11H,8H2. The molecule has 0 aliphatic heterocycles. The van der Waals surface area contributed by atoms with Gasteiger partial charge in [0.15, 0.2) is 0 Å². The van der Waals surface area contributed by atoms with Crippen molar-refractivity contribution in [1.82, 2.24) is 0 Å². The molecule has 0 saturated carbocycles. The van der Waals surface area contributed by atoms with Gasteiger partial charge in [-0.25, -0.2) is 0 Å². The van der Waals surface area contributed by atoms with Crippen LogP contribution in [0.3, 0.4) is 0 Å². The Labute approximate surface area is 126 Å². The summed E-state index contributed by atoms with van der Waals surface area (Å²) in [5.74, 6) is 0. The van der Waals surface area contributed by atoms with Crippen molar-refractivity contribution in [3.8, 4) is 11.1 Å². The minimum absolute atomic E-state index is 0.602. The Bertz CT molecular complexity index is 875. The summed E-state index contributed by atoms with van der Waals surface area (Å²) in [5, 5.41) is 2.30. The molecule has 4 rings (SSSR count). The van der Waals surface area contributed by atoms with Crippen molar-refractivity contribution >= 4 is 10.8 Å². The van der Waals surface area contributed by atoms with E-state index < -0.39 is 11.7 Å². The monoisotopic (exact) mass is 297 g/mol. The molecule has 109 valence electrons. The molecule has 0 spiro atoms. The maximum absolute atomic E-state index is 12.9. The van der Waals surface area contributed by atoms with E-state index in [1.807, 2.05) is 24.3 Å². The number of hydrogen-bond acceptors (Lipinski definition) is 0. The third kappa shape index (κ3) is 2.08. The summed E-state index contributed by atoms with van der Waals surface area (Å²) in [6, 6.07) is 15.6. The van der Waals surface area contributed by atoms with E-state index in [-0.39, 0.29) is 0 Å². The van der Waals surface area contributed by atoms with Crippen LogP contribution >= 0.6 is 0 Å². The van der Waals surface area contributed by atoms with Crippen LogP contribution < -0.4 is 0 Å². The molecular formula is C19H12F3. The van der Waals surface area contributed by atoms with Crippen molar-refractivity contribution in [3.63, 3.8) is 0 Å². The average molecular weight is 297 g/mol. The Morgan fingerprint density at radius 3 is 2.45 bits per heavy atom. The highest BCUT2D eigenvalue weighted by atomic mass is 19.4. The molecule has 0 fully saturated rings. The first-order valence-electron chi connectivity index (χ1n) is 7.09. The molecule has 1 radical (unpaired) electrons. The quantitative estimate of drug-likeness (QED) is 0.545. The molecule has 0 amide bonds. The molecule has 1 aliphatic carbocycles. The highest BCUT2D eigenvalue weighted by molar-refractivity contribution is 5.95. The topological polar surface area (TPSA) is 0 Å². The summed E-state index contributed by atoms with van der Waals surface area (Å²) in [7, 11) is 0. The minimum Gasteiger partial charge on any atom is -0.166 e. The van der Waals surface area contributed by atoms with Crippen LogP contribution in [0, 0.1) is 6.42 Å². The Kier molecular flexibility index (Phi) is 2.80. The molecule has 0 N–H and O–H groups in total. The molecule has 3 aromatic rings. The summed E-state index contributed by atoms with van der Waals surface area (Å²) in [6.07, 6.45) is -1.32. The van der Waals surface area contributed by atoms with Gasteiger partial charge in [0.2, 0.25) is 0 Å². The minimum atomic E-state index is -4.31. The Morgan fingerprint density at radius 1 is 0.818 bits per heavy atom. The van der Waals surface area contributed by atoms with Crippen molar-refractivity contribution in [2.45, 2.75) is 12.6 Å². The van der Waals surface area contributed by atoms with E-state index in [9.17, 15) is 13.2 Å². The largest absolute Gasteiger partial charge is 0.416 e. The number of rotatable bonds is 1. The fourth-order valence-electron chi connectivity index (χ4n) is 3.14. The van der Waals surface area contributed by atoms with Crippen LogP contribution in [0.1, 0.15) is 16.7 Å². The number of hydrogen-bond donors (Lipinski definition) is 0. The van der Waals surface area contributed by atoms with Gasteiger partial charge in [-0.1, -0.05) is 36.4 Å². The number of halogens is 3. The van der Waals surface area contributed by atoms with Gasteiger partial charge < -0.3 is 0 Å². The summed E-state index contributed by atoms with van der Waals surface area (Å²) >= 11 is 0. The molecule has 0 aromatic heterocycles. The summed E-state index contributed by atoms with van der Waals surface area (Å²) in [4.78, 5) is 0. The van der Waals surface area contributed by atoms with E-state index in [0.29, 0.717) is 5.56 Å². The SMILES string of the molecule is FC(F)(F)c1cccc(-c2cc3c4c(cccc4c2)[CH]C3)c1. The Hall–Kier alpha value is -2.29. The average Bonchev–Trinajstić information content (AvgIpc) is 2.92. The number of benzene rings is 3. The van der Waals surface area contributed by atoms with Gasteiger partial charge in [0.05, 0.1) is 5.56 Å². The highest BCUT2D eigenvalue weighted by Crippen LogP contribution is 2.37. The molecule has 0 saturated heterocycles. The molecule has 22 heavy (non-hydrogen) atoms. The predicted molar refractivity (Wildman–Crippen MR) is 81.5 cm³/mol. The molecule has 3 aromatic carbocycles. The lowest BCUT2D eigenvalue weighted by molar-refractivity contribution is -0.137. The van der Waals surface area contributed by atoms with Crippen LogP contribution in [0.2, 0.25) is 0 Å². The second kappa shape index (κ2) is 4.60. The van der Waals surface area contributed by atoms with Gasteiger partial charge in [-0.15, -0.1) is 0 Å². The van der Waals surface area contributed by atoms with Crippen LogP contribution in [-0.4, -0.2) is 0 Å². The molecule has 0 bridgehead atoms. The van der Waals surface area contributed by atoms with Crippen LogP contribution in [0.5, 0.6) is 0 Å². The van der Waals surface area contributed by atoms with E-state index in [2.05, 4.69) is 12.5 Å². The lowest BCUT2D eigenvalue weighted by atomic mass is 9.96. The van der Waals surface area contributed by atoms with Gasteiger partial charge in [-0.05, 0) is 64.1 Å². The van der Waals surface area contributed by atoms with Crippen molar-refractivity contribution in [2.75, 3.05) is 0 Å². The van der Waals surface area contributed by atoms with Gasteiger partial charge in [0.1, 0.15) is 0 Å². The van der Waals surface area contributed by atoms with E-state index in [4.69, 9.17) is 0 Å². The van der Waals surface area contributed by atoms with E-state index in [1.54, 1.807) is 6.07 Å². The predicted octanol–water partition coefficient (Wildman–Crippen LogP) is 5.63. The maximum Gasteiger partial charge on any atom is 0.416 e. The van der Waals surface area contributed by atoms with E-state index in [1.165, 1.54) is 28.6 Å². The molecule has 0 heterocycles. The van der Waals surface area contributed by atoms with E-state index in [0.717, 1.165) is 23.4 Å². The molecule has 0 unspecified atom stereocenters. The second-order valence-corrected chi connectivity index (χ2v) is 5.57. The third-order valence-electron chi connectivity index (χ3n) is 4.16. The zero-order valence-corrected chi connectivity index (χ0v) is 11.6. The third-order valence-corrected chi connectivity index (χ3v) is 4.16. The fourth-order valence-corrected chi connectivity index (χ4v) is 3.14. The number of alkyl halides is 3. The first-order valence-corrected chi connectivity index (χ1v) is 7.09. The van der Waals surface area contributed by atoms with Gasteiger partial charge in [-0.2, -0.15) is 13.2 Å². The van der Waals surface area contributed by atoms with Crippen molar-refractivity contribution in [2.24, 2.45) is 0 Å². The van der Waals surface area contributed by atoms with Gasteiger partial charge in [0.25, 0.3) is 0 Å². The Balaban J connectivity index is 1.90. The van der Waals surface area contributed by atoms with Gasteiger partial charge >= 0.3 is 6.18 Å². The smallest absolute Gasteiger partial charge is 0.166 e. The summed E-state index contributed by atoms with van der Waals surface area (Å²) < 4.78 is 38.7. The summed E-state index contributed by atoms with van der Waals surface area (Å²) in [6.45, 7) is 0. The molecule has 1 aliphatic rings. The Morgan fingerprint density at radius 2 is 1.64 bits per heavy atom.